The number of rotatable bonds is 2. The van der Waals surface area contributed by atoms with Gasteiger partial charge >= 0.3 is 0 Å². The molecule has 1 heterocycles. The third kappa shape index (κ3) is 2.38. The smallest absolute Gasteiger partial charge is 0.134 e. The predicted molar refractivity (Wildman–Crippen MR) is 55.5 cm³/mol. The first kappa shape index (κ1) is 11.0. The van der Waals surface area contributed by atoms with Gasteiger partial charge in [-0.05, 0) is 19.3 Å². The van der Waals surface area contributed by atoms with Crippen molar-refractivity contribution in [2.45, 2.75) is 43.7 Å². The molecule has 2 N–H and O–H groups in total. The van der Waals surface area contributed by atoms with Crippen molar-refractivity contribution < 1.29 is 15.0 Å². The van der Waals surface area contributed by atoms with E-state index in [1.807, 2.05) is 0 Å². The van der Waals surface area contributed by atoms with Crippen molar-refractivity contribution in [3.05, 3.63) is 0 Å². The van der Waals surface area contributed by atoms with Gasteiger partial charge in [0.1, 0.15) is 5.78 Å². The van der Waals surface area contributed by atoms with Gasteiger partial charge in [0.15, 0.2) is 0 Å². The van der Waals surface area contributed by atoms with Crippen LogP contribution >= 0.6 is 0 Å². The molecule has 2 aliphatic rings. The monoisotopic (exact) mass is 213 g/mol. The zero-order valence-corrected chi connectivity index (χ0v) is 8.98. The van der Waals surface area contributed by atoms with E-state index in [2.05, 4.69) is 4.90 Å². The highest BCUT2D eigenvalue weighted by Gasteiger charge is 2.36. The maximum absolute atomic E-state index is 11.2. The molecule has 0 aromatic carbocycles. The maximum Gasteiger partial charge on any atom is 0.134 e. The molecular formula is C11H19NO3. The summed E-state index contributed by atoms with van der Waals surface area (Å²) in [6.45, 7) is 1.45. The summed E-state index contributed by atoms with van der Waals surface area (Å²) in [7, 11) is 0. The highest BCUT2D eigenvalue weighted by Crippen LogP contribution is 2.28. The van der Waals surface area contributed by atoms with Crippen LogP contribution in [-0.4, -0.2) is 52.2 Å². The van der Waals surface area contributed by atoms with E-state index >= 15 is 0 Å². The van der Waals surface area contributed by atoms with Crippen LogP contribution in [0.4, 0.5) is 0 Å². The fourth-order valence-electron chi connectivity index (χ4n) is 2.57. The van der Waals surface area contributed by atoms with Crippen LogP contribution in [0.25, 0.3) is 0 Å². The van der Waals surface area contributed by atoms with Gasteiger partial charge in [-0.2, -0.15) is 0 Å². The van der Waals surface area contributed by atoms with Gasteiger partial charge in [0.05, 0.1) is 12.2 Å². The molecule has 1 saturated heterocycles. The summed E-state index contributed by atoms with van der Waals surface area (Å²) in [5, 5.41) is 18.9. The summed E-state index contributed by atoms with van der Waals surface area (Å²) in [4.78, 5) is 13.5. The zero-order valence-electron chi connectivity index (χ0n) is 8.98. The number of ketones is 1. The fourth-order valence-corrected chi connectivity index (χ4v) is 2.57. The molecule has 2 fully saturated rings. The van der Waals surface area contributed by atoms with Gasteiger partial charge in [-0.15, -0.1) is 0 Å². The maximum atomic E-state index is 11.2. The van der Waals surface area contributed by atoms with Crippen LogP contribution in [-0.2, 0) is 4.79 Å². The highest BCUT2D eigenvalue weighted by atomic mass is 16.3. The number of hydrogen-bond acceptors (Lipinski definition) is 4. The molecule has 4 nitrogen and oxygen atoms in total. The van der Waals surface area contributed by atoms with Gasteiger partial charge in [-0.1, -0.05) is 0 Å². The van der Waals surface area contributed by atoms with Gasteiger partial charge in [-0.25, -0.2) is 0 Å². The van der Waals surface area contributed by atoms with Gasteiger partial charge in [0, 0.05) is 32.0 Å². The third-order valence-corrected chi connectivity index (χ3v) is 3.76. The second-order valence-electron chi connectivity index (χ2n) is 4.85. The number of likely N-dealkylation sites (tertiary alicyclic amines) is 1. The Hall–Kier alpha value is -0.450. The van der Waals surface area contributed by atoms with Crippen LogP contribution in [0, 0.1) is 0 Å². The summed E-state index contributed by atoms with van der Waals surface area (Å²) in [5.74, 6) is 0.364. The van der Waals surface area contributed by atoms with Crippen LogP contribution < -0.4 is 0 Å². The molecule has 1 saturated carbocycles. The molecule has 1 aliphatic carbocycles. The average molecular weight is 213 g/mol. The lowest BCUT2D eigenvalue weighted by molar-refractivity contribution is -0.117. The number of aliphatic hydroxyl groups is 2. The second-order valence-corrected chi connectivity index (χ2v) is 4.85. The van der Waals surface area contributed by atoms with E-state index in [4.69, 9.17) is 5.11 Å². The minimum absolute atomic E-state index is 0.148. The summed E-state index contributed by atoms with van der Waals surface area (Å²) >= 11 is 0. The lowest BCUT2D eigenvalue weighted by Gasteiger charge is -2.39. The van der Waals surface area contributed by atoms with Gasteiger partial charge < -0.3 is 10.2 Å². The van der Waals surface area contributed by atoms with E-state index < -0.39 is 5.60 Å². The Bertz CT molecular complexity index is 246. The van der Waals surface area contributed by atoms with E-state index in [-0.39, 0.29) is 6.61 Å². The standard InChI is InChI=1S/C11H19NO3/c13-8-11(15)3-5-12(6-4-11)9-1-2-10(14)7-9/h9,13,15H,1-8H2. The Morgan fingerprint density at radius 1 is 1.40 bits per heavy atom. The van der Waals surface area contributed by atoms with E-state index in [1.165, 1.54) is 0 Å². The van der Waals surface area contributed by atoms with Gasteiger partial charge in [-0.3, -0.25) is 9.69 Å². The van der Waals surface area contributed by atoms with Crippen molar-refractivity contribution in [1.29, 1.82) is 0 Å². The molecule has 0 aromatic heterocycles. The summed E-state index contributed by atoms with van der Waals surface area (Å²) in [6, 6.07) is 0.390. The third-order valence-electron chi connectivity index (χ3n) is 3.76. The normalized spacial score (nSPS) is 32.1. The van der Waals surface area contributed by atoms with Crippen molar-refractivity contribution in [3.63, 3.8) is 0 Å². The molecule has 1 aliphatic heterocycles. The number of nitrogens with zero attached hydrogens (tertiary/aromatic N) is 1. The number of aliphatic hydroxyl groups excluding tert-OH is 1. The highest BCUT2D eigenvalue weighted by molar-refractivity contribution is 5.81. The SMILES string of the molecule is O=C1CCC(N2CCC(O)(CO)CC2)C1. The second kappa shape index (κ2) is 4.20. The fraction of sp³-hybridized carbons (Fsp3) is 0.909. The Morgan fingerprint density at radius 2 is 2.07 bits per heavy atom. The number of hydrogen-bond donors (Lipinski definition) is 2. The summed E-state index contributed by atoms with van der Waals surface area (Å²) in [6.07, 6.45) is 3.60. The Kier molecular flexibility index (Phi) is 3.09. The Labute approximate surface area is 89.9 Å². The number of carbonyl (C=O) groups is 1. The number of Topliss-reactive ketones (excluding diaryl/α,β-unsaturated/α-hetero) is 1. The predicted octanol–water partition coefficient (Wildman–Crippen LogP) is -0.0728. The van der Waals surface area contributed by atoms with Crippen LogP contribution in [0.1, 0.15) is 32.1 Å². The van der Waals surface area contributed by atoms with E-state index in [0.29, 0.717) is 37.5 Å². The van der Waals surface area contributed by atoms with Crippen LogP contribution in [0.5, 0.6) is 0 Å². The lowest BCUT2D eigenvalue weighted by atomic mass is 9.91. The first-order chi connectivity index (χ1) is 7.13. The first-order valence-electron chi connectivity index (χ1n) is 5.72. The van der Waals surface area contributed by atoms with Gasteiger partial charge in [0.25, 0.3) is 0 Å². The van der Waals surface area contributed by atoms with Crippen LogP contribution in [0.3, 0.4) is 0 Å². The molecule has 15 heavy (non-hydrogen) atoms. The van der Waals surface area contributed by atoms with Gasteiger partial charge in [0.2, 0.25) is 0 Å². The topological polar surface area (TPSA) is 60.8 Å². The lowest BCUT2D eigenvalue weighted by Crippen LogP contribution is -2.49. The number of carbonyl (C=O) groups excluding carboxylic acids is 1. The molecule has 4 heteroatoms. The van der Waals surface area contributed by atoms with E-state index in [0.717, 1.165) is 19.5 Å². The summed E-state index contributed by atoms with van der Waals surface area (Å²) in [5.41, 5.74) is -0.876. The molecular weight excluding hydrogens is 194 g/mol. The molecule has 1 unspecified atom stereocenters. The molecule has 0 radical (unpaired) electrons. The van der Waals surface area contributed by atoms with Crippen LogP contribution in [0.2, 0.25) is 0 Å². The molecule has 1 atom stereocenters. The van der Waals surface area contributed by atoms with E-state index in [9.17, 15) is 9.90 Å². The quantitative estimate of drug-likeness (QED) is 0.674. The van der Waals surface area contributed by atoms with E-state index in [1.54, 1.807) is 0 Å². The minimum Gasteiger partial charge on any atom is -0.393 e. The molecule has 0 bridgehead atoms. The molecule has 0 spiro atoms. The molecule has 0 amide bonds. The van der Waals surface area contributed by atoms with Crippen molar-refractivity contribution in [2.24, 2.45) is 0 Å². The first-order valence-corrected chi connectivity index (χ1v) is 5.72. The Balaban J connectivity index is 1.85. The van der Waals surface area contributed by atoms with Crippen molar-refractivity contribution in [3.8, 4) is 0 Å². The summed E-state index contributed by atoms with van der Waals surface area (Å²) < 4.78 is 0. The van der Waals surface area contributed by atoms with Crippen LogP contribution in [0.15, 0.2) is 0 Å². The molecule has 86 valence electrons. The minimum atomic E-state index is -0.876. The van der Waals surface area contributed by atoms with Crippen molar-refractivity contribution in [2.75, 3.05) is 19.7 Å². The molecule has 2 rings (SSSR count). The van der Waals surface area contributed by atoms with Crippen molar-refractivity contribution >= 4 is 5.78 Å². The largest absolute Gasteiger partial charge is 0.393 e. The zero-order chi connectivity index (χ0) is 10.9. The number of piperidine rings is 1. The average Bonchev–Trinajstić information content (AvgIpc) is 2.66. The Morgan fingerprint density at radius 3 is 2.53 bits per heavy atom. The molecule has 0 aromatic rings. The van der Waals surface area contributed by atoms with Crippen molar-refractivity contribution in [1.82, 2.24) is 4.90 Å².